The Kier molecular flexibility index (Phi) is 4.91. The summed E-state index contributed by atoms with van der Waals surface area (Å²) in [7, 11) is 0. The van der Waals surface area contributed by atoms with E-state index in [1.807, 2.05) is 30.3 Å². The van der Waals surface area contributed by atoms with Gasteiger partial charge >= 0.3 is 0 Å². The van der Waals surface area contributed by atoms with Gasteiger partial charge in [0, 0.05) is 4.47 Å². The molecule has 24 heavy (non-hydrogen) atoms. The van der Waals surface area contributed by atoms with Crippen molar-refractivity contribution in [3.05, 3.63) is 88.5 Å². The van der Waals surface area contributed by atoms with Crippen molar-refractivity contribution < 1.29 is 13.6 Å². The molecular formula is C19H13BrFNO2. The summed E-state index contributed by atoms with van der Waals surface area (Å²) < 4.78 is 19.9. The van der Waals surface area contributed by atoms with Crippen LogP contribution in [0.3, 0.4) is 0 Å². The molecule has 0 spiro atoms. The summed E-state index contributed by atoms with van der Waals surface area (Å²) in [5.74, 6) is -0.387. The molecule has 0 radical (unpaired) electrons. The first-order valence-corrected chi connectivity index (χ1v) is 8.00. The fourth-order valence-electron chi connectivity index (χ4n) is 2.19. The van der Waals surface area contributed by atoms with E-state index in [4.69, 9.17) is 4.42 Å². The van der Waals surface area contributed by atoms with Crippen LogP contribution in [0.5, 0.6) is 0 Å². The number of carbonyl (C=O) groups is 1. The van der Waals surface area contributed by atoms with Crippen LogP contribution >= 0.6 is 15.9 Å². The van der Waals surface area contributed by atoms with Crippen LogP contribution in [0.2, 0.25) is 0 Å². The lowest BCUT2D eigenvalue weighted by molar-refractivity contribution is -0.111. The molecule has 0 saturated carbocycles. The van der Waals surface area contributed by atoms with Crippen molar-refractivity contribution >= 4 is 39.2 Å². The van der Waals surface area contributed by atoms with Gasteiger partial charge in [0.25, 0.3) is 5.91 Å². The van der Waals surface area contributed by atoms with Crippen molar-refractivity contribution in [3.63, 3.8) is 0 Å². The molecule has 0 unspecified atom stereocenters. The third-order valence-electron chi connectivity index (χ3n) is 3.34. The molecule has 3 aromatic rings. The van der Waals surface area contributed by atoms with Crippen molar-refractivity contribution in [2.75, 3.05) is 5.32 Å². The molecule has 0 saturated heterocycles. The first-order chi connectivity index (χ1) is 11.6. The van der Waals surface area contributed by atoms with Crippen LogP contribution in [0, 0.1) is 5.82 Å². The topological polar surface area (TPSA) is 42.2 Å². The number of carbonyl (C=O) groups excluding carboxylic acids is 1. The lowest BCUT2D eigenvalue weighted by atomic mass is 10.0. The Morgan fingerprint density at radius 2 is 1.88 bits per heavy atom. The van der Waals surface area contributed by atoms with E-state index in [0.717, 1.165) is 0 Å². The number of nitrogens with one attached hydrogen (secondary N) is 1. The van der Waals surface area contributed by atoms with E-state index in [9.17, 15) is 9.18 Å². The van der Waals surface area contributed by atoms with Gasteiger partial charge in [-0.05, 0) is 42.0 Å². The van der Waals surface area contributed by atoms with E-state index in [1.165, 1.54) is 18.4 Å². The van der Waals surface area contributed by atoms with Crippen LogP contribution < -0.4 is 5.32 Å². The number of anilines is 1. The highest BCUT2D eigenvalue weighted by Crippen LogP contribution is 2.23. The van der Waals surface area contributed by atoms with Gasteiger partial charge in [-0.15, -0.1) is 0 Å². The quantitative estimate of drug-likeness (QED) is 0.614. The molecule has 0 atom stereocenters. The lowest BCUT2D eigenvalue weighted by Crippen LogP contribution is -2.14. The largest absolute Gasteiger partial charge is 0.465 e. The van der Waals surface area contributed by atoms with Crippen LogP contribution in [-0.4, -0.2) is 5.91 Å². The maximum atomic E-state index is 14.0. The third-order valence-corrected chi connectivity index (χ3v) is 3.83. The normalized spacial score (nSPS) is 11.3. The summed E-state index contributed by atoms with van der Waals surface area (Å²) >= 11 is 3.19. The molecule has 1 heterocycles. The predicted molar refractivity (Wildman–Crippen MR) is 95.8 cm³/mol. The maximum absolute atomic E-state index is 14.0. The Morgan fingerprint density at radius 1 is 1.08 bits per heavy atom. The minimum absolute atomic E-state index is 0.115. The Morgan fingerprint density at radius 3 is 2.54 bits per heavy atom. The zero-order valence-corrected chi connectivity index (χ0v) is 14.1. The van der Waals surface area contributed by atoms with Crippen LogP contribution in [0.1, 0.15) is 11.3 Å². The number of hydrogen-bond acceptors (Lipinski definition) is 2. The molecule has 3 nitrogen and oxygen atoms in total. The fraction of sp³-hybridized carbons (Fsp3) is 0. The SMILES string of the molecule is O=C(Nc1ccc(Br)cc1F)/C(=C/c1ccco1)c1ccccc1. The first-order valence-electron chi connectivity index (χ1n) is 7.20. The van der Waals surface area contributed by atoms with Crippen molar-refractivity contribution in [1.29, 1.82) is 0 Å². The standard InChI is InChI=1S/C19H13BrFNO2/c20-14-8-9-18(17(21)11-14)22-19(23)16(12-15-7-4-10-24-15)13-5-2-1-3-6-13/h1-12H,(H,22,23)/b16-12+. The number of furan rings is 1. The first kappa shape index (κ1) is 16.2. The fourth-order valence-corrected chi connectivity index (χ4v) is 2.53. The minimum atomic E-state index is -0.511. The molecule has 5 heteroatoms. The van der Waals surface area contributed by atoms with Gasteiger partial charge in [-0.25, -0.2) is 4.39 Å². The summed E-state index contributed by atoms with van der Waals surface area (Å²) in [6.45, 7) is 0. The van der Waals surface area contributed by atoms with E-state index in [2.05, 4.69) is 21.2 Å². The number of halogens is 2. The van der Waals surface area contributed by atoms with Crippen LogP contribution in [0.25, 0.3) is 11.6 Å². The minimum Gasteiger partial charge on any atom is -0.465 e. The van der Waals surface area contributed by atoms with E-state index >= 15 is 0 Å². The molecule has 0 fully saturated rings. The van der Waals surface area contributed by atoms with Crippen molar-refractivity contribution in [1.82, 2.24) is 0 Å². The van der Waals surface area contributed by atoms with Crippen LogP contribution in [0.15, 0.2) is 75.8 Å². The molecule has 120 valence electrons. The van der Waals surface area contributed by atoms with Crippen LogP contribution in [0.4, 0.5) is 10.1 Å². The van der Waals surface area contributed by atoms with Gasteiger partial charge in [0.1, 0.15) is 11.6 Å². The Labute approximate surface area is 146 Å². The molecule has 1 aromatic heterocycles. The number of hydrogen-bond donors (Lipinski definition) is 1. The highest BCUT2D eigenvalue weighted by molar-refractivity contribution is 9.10. The zero-order valence-electron chi connectivity index (χ0n) is 12.5. The van der Waals surface area contributed by atoms with E-state index in [1.54, 1.807) is 24.3 Å². The maximum Gasteiger partial charge on any atom is 0.256 e. The molecule has 0 aliphatic heterocycles. The molecule has 0 aliphatic rings. The predicted octanol–water partition coefficient (Wildman–Crippen LogP) is 5.36. The van der Waals surface area contributed by atoms with Gasteiger partial charge in [0.15, 0.2) is 0 Å². The Balaban J connectivity index is 1.95. The molecule has 1 N–H and O–H groups in total. The van der Waals surface area contributed by atoms with E-state index in [-0.39, 0.29) is 5.69 Å². The second kappa shape index (κ2) is 7.27. The summed E-state index contributed by atoms with van der Waals surface area (Å²) in [5.41, 5.74) is 1.21. The monoisotopic (exact) mass is 385 g/mol. The number of benzene rings is 2. The van der Waals surface area contributed by atoms with Crippen LogP contribution in [-0.2, 0) is 4.79 Å². The second-order valence-electron chi connectivity index (χ2n) is 5.02. The molecule has 3 rings (SSSR count). The summed E-state index contributed by atoms with van der Waals surface area (Å²) in [6, 6.07) is 17.1. The number of amides is 1. The lowest BCUT2D eigenvalue weighted by Gasteiger charge is -2.10. The second-order valence-corrected chi connectivity index (χ2v) is 5.93. The molecular weight excluding hydrogens is 373 g/mol. The smallest absolute Gasteiger partial charge is 0.256 e. The van der Waals surface area contributed by atoms with Gasteiger partial charge < -0.3 is 9.73 Å². The highest BCUT2D eigenvalue weighted by atomic mass is 79.9. The summed E-state index contributed by atoms with van der Waals surface area (Å²) in [5, 5.41) is 2.60. The molecule has 2 aromatic carbocycles. The molecule has 0 bridgehead atoms. The van der Waals surface area contributed by atoms with Crippen molar-refractivity contribution in [2.45, 2.75) is 0 Å². The van der Waals surface area contributed by atoms with E-state index in [0.29, 0.717) is 21.4 Å². The average molecular weight is 386 g/mol. The van der Waals surface area contributed by atoms with Crippen molar-refractivity contribution in [3.8, 4) is 0 Å². The van der Waals surface area contributed by atoms with Gasteiger partial charge in [-0.1, -0.05) is 46.3 Å². The van der Waals surface area contributed by atoms with E-state index < -0.39 is 11.7 Å². The number of rotatable bonds is 4. The highest BCUT2D eigenvalue weighted by Gasteiger charge is 2.15. The Bertz CT molecular complexity index is 874. The Hall–Kier alpha value is -2.66. The van der Waals surface area contributed by atoms with Gasteiger partial charge in [-0.3, -0.25) is 4.79 Å². The van der Waals surface area contributed by atoms with Gasteiger partial charge in [-0.2, -0.15) is 0 Å². The summed E-state index contributed by atoms with van der Waals surface area (Å²) in [4.78, 5) is 12.7. The summed E-state index contributed by atoms with van der Waals surface area (Å²) in [6.07, 6.45) is 3.15. The average Bonchev–Trinajstić information content (AvgIpc) is 3.09. The zero-order chi connectivity index (χ0) is 16.9. The van der Waals surface area contributed by atoms with Crippen molar-refractivity contribution in [2.24, 2.45) is 0 Å². The molecule has 1 amide bonds. The third kappa shape index (κ3) is 3.81. The van der Waals surface area contributed by atoms with Gasteiger partial charge in [0.05, 0.1) is 17.5 Å². The van der Waals surface area contributed by atoms with Gasteiger partial charge in [0.2, 0.25) is 0 Å². The molecule has 0 aliphatic carbocycles.